The second-order valence-corrected chi connectivity index (χ2v) is 16.2. The molecule has 41 heavy (non-hydrogen) atoms. The molecule has 0 saturated heterocycles. The third-order valence-corrected chi connectivity index (χ3v) is 15.1. The molecular formula is C37H48O4. The monoisotopic (exact) mass is 556 g/mol. The fraction of sp³-hybridized carbons (Fsp3) is 0.730. The summed E-state index contributed by atoms with van der Waals surface area (Å²) in [6, 6.07) is 4.13. The average Bonchev–Trinajstić information content (AvgIpc) is 3.43. The highest BCUT2D eigenvalue weighted by Gasteiger charge is 2.62. The zero-order chi connectivity index (χ0) is 28.5. The van der Waals surface area contributed by atoms with Gasteiger partial charge in [-0.05, 0) is 152 Å². The number of benzene rings is 1. The van der Waals surface area contributed by atoms with Gasteiger partial charge in [0.15, 0.2) is 5.78 Å². The second kappa shape index (κ2) is 8.80. The molecule has 4 nitrogen and oxygen atoms in total. The molecule has 5 saturated carbocycles. The Kier molecular flexibility index (Phi) is 5.73. The lowest BCUT2D eigenvalue weighted by atomic mass is 9.44. The molecule has 7 aliphatic carbocycles. The molecule has 2 N–H and O–H groups in total. The van der Waals surface area contributed by atoms with E-state index in [1.165, 1.54) is 11.1 Å². The van der Waals surface area contributed by atoms with Crippen LogP contribution in [0.1, 0.15) is 120 Å². The number of aromatic hydroxyl groups is 1. The van der Waals surface area contributed by atoms with Crippen LogP contribution in [-0.2, 0) is 16.0 Å². The first-order chi connectivity index (χ1) is 19.6. The van der Waals surface area contributed by atoms with Gasteiger partial charge in [0.25, 0.3) is 0 Å². The Labute approximate surface area is 245 Å². The van der Waals surface area contributed by atoms with Crippen LogP contribution >= 0.6 is 0 Å². The first-order valence-corrected chi connectivity index (χ1v) is 16.9. The zero-order valence-electron chi connectivity index (χ0n) is 25.3. The van der Waals surface area contributed by atoms with E-state index in [4.69, 9.17) is 0 Å². The summed E-state index contributed by atoms with van der Waals surface area (Å²) in [5.74, 6) is 4.42. The minimum absolute atomic E-state index is 0.0473. The molecule has 1 aromatic rings. The van der Waals surface area contributed by atoms with Gasteiger partial charge in [0, 0.05) is 23.8 Å². The number of phenols is 1. The molecule has 0 bridgehead atoms. The molecule has 1 unspecified atom stereocenters. The number of carbonyl (C=O) groups is 2. The quantitative estimate of drug-likeness (QED) is 0.378. The van der Waals surface area contributed by atoms with Crippen molar-refractivity contribution >= 4 is 17.1 Å². The van der Waals surface area contributed by atoms with Gasteiger partial charge < -0.3 is 10.2 Å². The molecule has 0 radical (unpaired) electrons. The van der Waals surface area contributed by atoms with Crippen molar-refractivity contribution in [3.05, 3.63) is 34.9 Å². The van der Waals surface area contributed by atoms with Gasteiger partial charge in [-0.3, -0.25) is 9.59 Å². The van der Waals surface area contributed by atoms with E-state index in [0.717, 1.165) is 88.2 Å². The smallest absolute Gasteiger partial charge is 0.156 e. The minimum atomic E-state index is -0.174. The van der Waals surface area contributed by atoms with Gasteiger partial charge in [-0.15, -0.1) is 0 Å². The predicted octanol–water partition coefficient (Wildman–Crippen LogP) is 7.39. The fourth-order valence-electron chi connectivity index (χ4n) is 12.8. The Morgan fingerprint density at radius 1 is 0.805 bits per heavy atom. The molecule has 0 spiro atoms. The first kappa shape index (κ1) is 26.7. The molecule has 0 aliphatic heterocycles. The number of hydrogen-bond donors (Lipinski definition) is 2. The third-order valence-electron chi connectivity index (χ3n) is 15.1. The van der Waals surface area contributed by atoms with Gasteiger partial charge in [0.05, 0.1) is 6.10 Å². The number of hydrogen-bond acceptors (Lipinski definition) is 4. The van der Waals surface area contributed by atoms with Crippen molar-refractivity contribution in [3.63, 3.8) is 0 Å². The van der Waals surface area contributed by atoms with E-state index in [-0.39, 0.29) is 28.1 Å². The van der Waals surface area contributed by atoms with Gasteiger partial charge in [-0.25, -0.2) is 0 Å². The van der Waals surface area contributed by atoms with Crippen LogP contribution in [0, 0.1) is 51.8 Å². The lowest BCUT2D eigenvalue weighted by Gasteiger charge is -2.60. The maximum Gasteiger partial charge on any atom is 0.156 e. The normalized spacial score (nSPS) is 48.3. The topological polar surface area (TPSA) is 74.6 Å². The standard InChI is InChI=1S/C37H48O4/c1-35-16-14-23-22-8-11-31(39)34(25(22)7-6-24(23)27(35)9-12-32(35)40)30-19-21(38)18-20-4-5-26-28-10-13-33(41)36(28,2)17-15-29(26)37(20,30)3/h8,11,19-20,23-24,26-29,32,39-40H,4-7,9-10,12-18H2,1-3H3/t20?,23-,24-,26+,27+,28+,29-,32+,35+,36+,37+/m1/s1. The highest BCUT2D eigenvalue weighted by atomic mass is 16.3. The largest absolute Gasteiger partial charge is 0.507 e. The van der Waals surface area contributed by atoms with E-state index in [0.29, 0.717) is 59.4 Å². The summed E-state index contributed by atoms with van der Waals surface area (Å²) < 4.78 is 0. The lowest BCUT2D eigenvalue weighted by molar-refractivity contribution is -0.134. The zero-order valence-corrected chi connectivity index (χ0v) is 25.3. The van der Waals surface area contributed by atoms with Crippen molar-refractivity contribution in [2.75, 3.05) is 0 Å². The first-order valence-electron chi connectivity index (χ1n) is 16.9. The minimum Gasteiger partial charge on any atom is -0.507 e. The van der Waals surface area contributed by atoms with Gasteiger partial charge in [-0.2, -0.15) is 0 Å². The van der Waals surface area contributed by atoms with Crippen LogP contribution < -0.4 is 0 Å². The van der Waals surface area contributed by atoms with Crippen molar-refractivity contribution in [2.45, 2.75) is 116 Å². The SMILES string of the molecule is C[C@]12CC[C@@H]3c4ccc(O)c(C5=CC(=O)CC6CC[C@@H]7[C@@H](CC[C@]8(C)C(=O)CC[C@@H]78)[C@@]56C)c4CC[C@H]3[C@@H]1CC[C@@H]2O. The van der Waals surface area contributed by atoms with Crippen LogP contribution in [0.4, 0.5) is 0 Å². The van der Waals surface area contributed by atoms with Crippen LogP contribution in [0.2, 0.25) is 0 Å². The molecular weight excluding hydrogens is 508 g/mol. The van der Waals surface area contributed by atoms with E-state index >= 15 is 0 Å². The summed E-state index contributed by atoms with van der Waals surface area (Å²) >= 11 is 0. The van der Waals surface area contributed by atoms with E-state index in [9.17, 15) is 19.8 Å². The average molecular weight is 557 g/mol. The maximum atomic E-state index is 13.4. The number of rotatable bonds is 1. The number of aliphatic hydroxyl groups is 1. The number of ketones is 2. The van der Waals surface area contributed by atoms with Crippen LogP contribution in [0.3, 0.4) is 0 Å². The van der Waals surface area contributed by atoms with Crippen molar-refractivity contribution < 1.29 is 19.8 Å². The van der Waals surface area contributed by atoms with Crippen molar-refractivity contribution in [1.82, 2.24) is 0 Å². The molecule has 220 valence electrons. The Balaban J connectivity index is 1.22. The maximum absolute atomic E-state index is 13.4. The Morgan fingerprint density at radius 3 is 2.46 bits per heavy atom. The van der Waals surface area contributed by atoms with Crippen LogP contribution in [0.25, 0.3) is 5.57 Å². The molecule has 4 heteroatoms. The molecule has 0 aromatic heterocycles. The molecule has 1 aromatic carbocycles. The molecule has 8 rings (SSSR count). The summed E-state index contributed by atoms with van der Waals surface area (Å²) in [5.41, 5.74) is 4.53. The van der Waals surface area contributed by atoms with Crippen LogP contribution in [-0.4, -0.2) is 27.9 Å². The summed E-state index contributed by atoms with van der Waals surface area (Å²) in [4.78, 5) is 26.4. The van der Waals surface area contributed by atoms with Crippen molar-refractivity contribution in [3.8, 4) is 5.75 Å². The Bertz CT molecular complexity index is 1360. The second-order valence-electron chi connectivity index (χ2n) is 16.2. The third kappa shape index (κ3) is 3.38. The highest BCUT2D eigenvalue weighted by molar-refractivity contribution is 6.01. The fourth-order valence-corrected chi connectivity index (χ4v) is 12.8. The molecule has 5 fully saturated rings. The van der Waals surface area contributed by atoms with Crippen LogP contribution in [0.15, 0.2) is 18.2 Å². The highest BCUT2D eigenvalue weighted by Crippen LogP contribution is 2.68. The summed E-state index contributed by atoms with van der Waals surface area (Å²) in [6.45, 7) is 7.01. The summed E-state index contributed by atoms with van der Waals surface area (Å²) in [7, 11) is 0. The van der Waals surface area contributed by atoms with Gasteiger partial charge in [-0.1, -0.05) is 26.8 Å². The van der Waals surface area contributed by atoms with Crippen molar-refractivity contribution in [2.24, 2.45) is 51.8 Å². The van der Waals surface area contributed by atoms with E-state index in [2.05, 4.69) is 26.8 Å². The Morgan fingerprint density at radius 2 is 1.63 bits per heavy atom. The predicted molar refractivity (Wildman–Crippen MR) is 159 cm³/mol. The van der Waals surface area contributed by atoms with Gasteiger partial charge >= 0.3 is 0 Å². The number of aliphatic hydroxyl groups excluding tert-OH is 1. The van der Waals surface area contributed by atoms with E-state index < -0.39 is 0 Å². The number of allylic oxidation sites excluding steroid dienone is 2. The molecule has 7 aliphatic rings. The number of carbonyl (C=O) groups excluding carboxylic acids is 2. The van der Waals surface area contributed by atoms with Gasteiger partial charge in [0.2, 0.25) is 0 Å². The lowest BCUT2D eigenvalue weighted by Crippen LogP contribution is -2.53. The van der Waals surface area contributed by atoms with E-state index in [1.807, 2.05) is 12.1 Å². The van der Waals surface area contributed by atoms with Crippen molar-refractivity contribution in [1.29, 1.82) is 0 Å². The molecule has 0 amide bonds. The molecule has 0 heterocycles. The number of Topliss-reactive ketones (excluding diaryl/α,β-unsaturated/α-hetero) is 1. The summed E-state index contributed by atoms with van der Waals surface area (Å²) in [6.07, 6.45) is 14.6. The van der Waals surface area contributed by atoms with E-state index in [1.54, 1.807) is 0 Å². The summed E-state index contributed by atoms with van der Waals surface area (Å²) in [5, 5.41) is 22.5. The molecule has 11 atom stereocenters. The van der Waals surface area contributed by atoms with Gasteiger partial charge in [0.1, 0.15) is 11.5 Å². The van der Waals surface area contributed by atoms with Crippen LogP contribution in [0.5, 0.6) is 5.75 Å². The number of fused-ring (bicyclic) bond motifs is 10. The Hall–Kier alpha value is -1.94. The number of phenolic OH excluding ortho intramolecular Hbond substituents is 1.